The van der Waals surface area contributed by atoms with E-state index in [2.05, 4.69) is 61.4 Å². The molecular weight excluding hydrogens is 1030 g/mol. The van der Waals surface area contributed by atoms with Gasteiger partial charge in [-0.1, -0.05) is 78.7 Å². The predicted octanol–water partition coefficient (Wildman–Crippen LogP) is 2.52. The number of rotatable bonds is 24. The summed E-state index contributed by atoms with van der Waals surface area (Å²) in [7, 11) is 0. The largest absolute Gasteiger partial charge is 0.394 e. The molecular formula is C59H61N9O12. The molecule has 2 aromatic heterocycles. The molecule has 0 spiro atoms. The number of nitriles is 3. The lowest BCUT2D eigenvalue weighted by atomic mass is 10.1. The van der Waals surface area contributed by atoms with Crippen LogP contribution in [0, 0.1) is 46.3 Å². The van der Waals surface area contributed by atoms with Crippen LogP contribution in [-0.2, 0) is 18.9 Å². The first-order valence-corrected chi connectivity index (χ1v) is 25.2. The van der Waals surface area contributed by atoms with E-state index in [0.717, 1.165) is 44.3 Å². The summed E-state index contributed by atoms with van der Waals surface area (Å²) in [4.78, 5) is 49.4. The third-order valence-electron chi connectivity index (χ3n) is 11.6. The number of nitrogens with zero attached hydrogens (tertiary/aromatic N) is 3. The number of nitrogens with one attached hydrogen (secondary N) is 6. The summed E-state index contributed by atoms with van der Waals surface area (Å²) < 4.78 is 21.1. The lowest BCUT2D eigenvalue weighted by Crippen LogP contribution is -2.12. The van der Waals surface area contributed by atoms with E-state index in [9.17, 15) is 19.2 Å². The van der Waals surface area contributed by atoms with Crippen LogP contribution in [0.2, 0.25) is 0 Å². The Morgan fingerprint density at radius 1 is 0.400 bits per heavy atom. The van der Waals surface area contributed by atoms with Gasteiger partial charge in [0.2, 0.25) is 0 Å². The second-order valence-electron chi connectivity index (χ2n) is 16.8. The zero-order chi connectivity index (χ0) is 57.5. The zero-order valence-corrected chi connectivity index (χ0v) is 43.7. The van der Waals surface area contributed by atoms with E-state index in [-0.39, 0.29) is 59.1 Å². The lowest BCUT2D eigenvalue weighted by molar-refractivity contribution is 0.0992. The first-order chi connectivity index (χ1) is 39.1. The fraction of sp³-hybridized carbons (Fsp3) is 0.271. The van der Waals surface area contributed by atoms with Gasteiger partial charge in [-0.3, -0.25) is 29.1 Å². The van der Waals surface area contributed by atoms with Crippen molar-refractivity contribution in [3.8, 4) is 30.6 Å². The maximum absolute atomic E-state index is 11.3. The molecule has 0 bridgehead atoms. The maximum atomic E-state index is 11.3. The maximum Gasteiger partial charge on any atom is 0.258 e. The summed E-state index contributed by atoms with van der Waals surface area (Å²) >= 11 is 0. The van der Waals surface area contributed by atoms with E-state index in [0.29, 0.717) is 89.5 Å². The van der Waals surface area contributed by atoms with Gasteiger partial charge in [0.1, 0.15) is 29.4 Å². The average Bonchev–Trinajstić information content (AvgIpc) is 4.03. The first-order valence-electron chi connectivity index (χ1n) is 25.2. The minimum Gasteiger partial charge on any atom is -0.394 e. The molecule has 21 heteroatoms. The number of terminal acetylenes is 1. The molecule has 0 atom stereocenters. The van der Waals surface area contributed by atoms with Gasteiger partial charge in [-0.25, -0.2) is 0 Å². The standard InChI is InChI=1S/2C18H26N2O4.C13H5N3.C10H4N2O4/c2*21-9-13-23-11-7-19-17-5-1-3-15-16(17)4-2-6-18(15)20-8-12-24-14-10-22;1-2-10(7-14)11-3-5-12(6-4-11)13(8-15)9-16;13-7-3-1-4-6(10(16)12-8(4)14)2-5(3)9(15)11-7/h2*1-6,19-22H,7-14H2;1,3-6H;1-2H,(H,11,13,15)(H,12,14,16). The van der Waals surface area contributed by atoms with Gasteiger partial charge in [0.25, 0.3) is 22.2 Å². The Bertz CT molecular complexity index is 3350. The number of hydrogen-bond donors (Lipinski definition) is 10. The van der Waals surface area contributed by atoms with E-state index in [1.54, 1.807) is 36.4 Å². The summed E-state index contributed by atoms with van der Waals surface area (Å²) in [5.41, 5.74) is 2.30. The van der Waals surface area contributed by atoms with Gasteiger partial charge in [-0.15, -0.1) is 6.42 Å². The Kier molecular flexibility index (Phi) is 26.1. The lowest BCUT2D eigenvalue weighted by Gasteiger charge is -2.14. The highest BCUT2D eigenvalue weighted by molar-refractivity contribution is 6.02. The quantitative estimate of drug-likeness (QED) is 0.0307. The smallest absolute Gasteiger partial charge is 0.258 e. The molecule has 0 saturated carbocycles. The molecule has 0 fully saturated rings. The Balaban J connectivity index is 0.000000199. The number of aliphatic hydroxyl groups is 4. The third-order valence-corrected chi connectivity index (χ3v) is 11.6. The SMILES string of the molecule is C#CC(C#N)=c1ccc(=C(C#N)C#N)cc1.O=c1[nH]c(=O)c2cc3c(=O)[nH]c(=O)c3cc12.OCCOCCNc1cccc2c(NCCOCCO)cccc12.OCCOCCNc1cccc2c(NCCOCCO)cccc12. The van der Waals surface area contributed by atoms with Gasteiger partial charge in [-0.2, -0.15) is 15.8 Å². The molecule has 8 rings (SSSR count). The van der Waals surface area contributed by atoms with Crippen molar-refractivity contribution in [2.45, 2.75) is 0 Å². The normalized spacial score (nSPS) is 10.4. The zero-order valence-electron chi connectivity index (χ0n) is 43.7. The Morgan fingerprint density at radius 2 is 0.662 bits per heavy atom. The molecule has 0 saturated heterocycles. The van der Waals surface area contributed by atoms with E-state index in [1.807, 2.05) is 54.6 Å². The molecule has 0 unspecified atom stereocenters. The number of aromatic amines is 2. The fourth-order valence-corrected chi connectivity index (χ4v) is 7.90. The van der Waals surface area contributed by atoms with E-state index < -0.39 is 22.2 Å². The van der Waals surface area contributed by atoms with Crippen LogP contribution in [0.5, 0.6) is 0 Å². The Morgan fingerprint density at radius 3 is 0.900 bits per heavy atom. The van der Waals surface area contributed by atoms with Crippen LogP contribution in [0.25, 0.3) is 54.2 Å². The monoisotopic (exact) mass is 1090 g/mol. The van der Waals surface area contributed by atoms with Gasteiger partial charge < -0.3 is 60.6 Å². The summed E-state index contributed by atoms with van der Waals surface area (Å²) in [6.45, 7) is 6.60. The average molecular weight is 1090 g/mol. The number of fused-ring (bicyclic) bond motifs is 4. The minimum atomic E-state index is -0.546. The molecule has 0 radical (unpaired) electrons. The summed E-state index contributed by atoms with van der Waals surface area (Å²) in [6, 6.07) is 39.0. The van der Waals surface area contributed by atoms with Gasteiger partial charge >= 0.3 is 0 Å². The van der Waals surface area contributed by atoms with Crippen molar-refractivity contribution in [2.24, 2.45) is 0 Å². The molecule has 0 aliphatic carbocycles. The Labute approximate surface area is 458 Å². The van der Waals surface area contributed by atoms with Crippen molar-refractivity contribution in [2.75, 3.05) is 127 Å². The van der Waals surface area contributed by atoms with Crippen LogP contribution in [-0.4, -0.2) is 136 Å². The molecule has 21 nitrogen and oxygen atoms in total. The second kappa shape index (κ2) is 33.8. The van der Waals surface area contributed by atoms with Gasteiger partial charge in [0, 0.05) is 80.9 Å². The number of aliphatic hydroxyl groups excluding tert-OH is 4. The molecule has 80 heavy (non-hydrogen) atoms. The van der Waals surface area contributed by atoms with Crippen molar-refractivity contribution in [3.05, 3.63) is 161 Å². The van der Waals surface area contributed by atoms with Crippen LogP contribution in [0.3, 0.4) is 0 Å². The van der Waals surface area contributed by atoms with Crippen molar-refractivity contribution >= 4 is 77.0 Å². The number of H-pyrrole nitrogens is 2. The van der Waals surface area contributed by atoms with Crippen LogP contribution < -0.4 is 53.9 Å². The van der Waals surface area contributed by atoms with E-state index >= 15 is 0 Å². The number of aromatic nitrogens is 2. The highest BCUT2D eigenvalue weighted by Gasteiger charge is 2.13. The highest BCUT2D eigenvalue weighted by Crippen LogP contribution is 2.30. The number of ether oxygens (including phenoxy) is 4. The molecule has 0 aliphatic heterocycles. The first kappa shape index (κ1) is 61.6. The molecule has 10 N–H and O–H groups in total. The van der Waals surface area contributed by atoms with E-state index in [4.69, 9.17) is 61.6 Å². The van der Waals surface area contributed by atoms with Crippen LogP contribution in [0.1, 0.15) is 0 Å². The molecule has 0 aliphatic rings. The van der Waals surface area contributed by atoms with Crippen LogP contribution in [0.4, 0.5) is 22.7 Å². The van der Waals surface area contributed by atoms with Gasteiger partial charge in [-0.05, 0) is 36.4 Å². The summed E-state index contributed by atoms with van der Waals surface area (Å²) in [5.74, 6) is 2.26. The molecule has 2 heterocycles. The molecule has 6 aromatic carbocycles. The van der Waals surface area contributed by atoms with Crippen molar-refractivity contribution in [3.63, 3.8) is 0 Å². The van der Waals surface area contributed by atoms with Crippen molar-refractivity contribution in [1.82, 2.24) is 9.97 Å². The molecule has 414 valence electrons. The summed E-state index contributed by atoms with van der Waals surface area (Å²) in [6.07, 6.45) is 5.15. The third kappa shape index (κ3) is 17.9. The molecule has 8 aromatic rings. The fourth-order valence-electron chi connectivity index (χ4n) is 7.90. The topological polar surface area (TPSA) is 337 Å². The van der Waals surface area contributed by atoms with Gasteiger partial charge in [0.05, 0.1) is 101 Å². The highest BCUT2D eigenvalue weighted by atomic mass is 16.5. The molecule has 0 amide bonds. The predicted molar refractivity (Wildman–Crippen MR) is 309 cm³/mol. The number of hydrogen-bond acceptors (Lipinski definition) is 19. The number of benzene rings is 6. The van der Waals surface area contributed by atoms with Gasteiger partial charge in [0.15, 0.2) is 0 Å². The summed E-state index contributed by atoms with van der Waals surface area (Å²) in [5, 5.41) is 80.5. The van der Waals surface area contributed by atoms with Crippen molar-refractivity contribution in [1.29, 1.82) is 15.8 Å². The van der Waals surface area contributed by atoms with Crippen LogP contribution >= 0.6 is 0 Å². The van der Waals surface area contributed by atoms with Crippen LogP contribution in [0.15, 0.2) is 128 Å². The van der Waals surface area contributed by atoms with Crippen molar-refractivity contribution < 1.29 is 39.4 Å². The van der Waals surface area contributed by atoms with E-state index in [1.165, 1.54) is 12.1 Å². The Hall–Kier alpha value is -9.23. The minimum absolute atomic E-state index is 0.0331. The number of anilines is 4. The second-order valence-corrected chi connectivity index (χ2v) is 16.8.